The summed E-state index contributed by atoms with van der Waals surface area (Å²) >= 11 is 0. The van der Waals surface area contributed by atoms with Crippen molar-refractivity contribution in [1.29, 1.82) is 0 Å². The van der Waals surface area contributed by atoms with Gasteiger partial charge in [0.1, 0.15) is 11.6 Å². The predicted molar refractivity (Wildman–Crippen MR) is 104 cm³/mol. The minimum atomic E-state index is -0.365. The maximum Gasteiger partial charge on any atom is 0.264 e. The van der Waals surface area contributed by atoms with Crippen molar-refractivity contribution in [2.75, 3.05) is 0 Å². The molecule has 29 heavy (non-hydrogen) atoms. The number of ether oxygens (including phenoxy) is 1. The van der Waals surface area contributed by atoms with E-state index < -0.39 is 0 Å². The van der Waals surface area contributed by atoms with Gasteiger partial charge in [0.25, 0.3) is 11.4 Å². The summed E-state index contributed by atoms with van der Waals surface area (Å²) in [6.07, 6.45) is 2.20. The fourth-order valence-electron chi connectivity index (χ4n) is 2.88. The van der Waals surface area contributed by atoms with E-state index in [9.17, 15) is 9.18 Å². The predicted octanol–water partition coefficient (Wildman–Crippen LogP) is 3.38. The fraction of sp³-hybridized carbons (Fsp3) is 0.318. The highest BCUT2D eigenvalue weighted by molar-refractivity contribution is 5.39. The van der Waals surface area contributed by atoms with Gasteiger partial charge in [-0.2, -0.15) is 4.98 Å². The van der Waals surface area contributed by atoms with Gasteiger partial charge in [0.15, 0.2) is 12.4 Å². The van der Waals surface area contributed by atoms with Crippen molar-refractivity contribution in [3.63, 3.8) is 0 Å². The second kappa shape index (κ2) is 7.92. The van der Waals surface area contributed by atoms with E-state index in [0.717, 1.165) is 12.8 Å². The molecule has 2 aromatic heterocycles. The zero-order chi connectivity index (χ0) is 20.4. The normalized spacial score (nSPS) is 13.1. The number of hydrogen-bond donors (Lipinski definition) is 0. The van der Waals surface area contributed by atoms with E-state index in [-0.39, 0.29) is 24.5 Å². The van der Waals surface area contributed by atoms with Crippen LogP contribution in [0.5, 0.6) is 5.75 Å². The molecule has 0 atom stereocenters. The number of aromatic nitrogens is 3. The zero-order valence-corrected chi connectivity index (χ0v) is 16.2. The molecular formula is C22H20FN3O3. The number of halogens is 1. The van der Waals surface area contributed by atoms with Crippen molar-refractivity contribution < 1.29 is 13.7 Å². The van der Waals surface area contributed by atoms with Gasteiger partial charge >= 0.3 is 0 Å². The lowest BCUT2D eigenvalue weighted by Crippen LogP contribution is -2.22. The maximum absolute atomic E-state index is 14.3. The minimum absolute atomic E-state index is 0.0816. The highest BCUT2D eigenvalue weighted by Crippen LogP contribution is 2.27. The van der Waals surface area contributed by atoms with Crippen molar-refractivity contribution in [2.24, 2.45) is 5.92 Å². The van der Waals surface area contributed by atoms with Crippen LogP contribution in [0.2, 0.25) is 0 Å². The molecule has 2 heterocycles. The second-order valence-corrected chi connectivity index (χ2v) is 7.14. The van der Waals surface area contributed by atoms with Crippen LogP contribution in [0, 0.1) is 37.4 Å². The van der Waals surface area contributed by atoms with Gasteiger partial charge in [-0.25, -0.2) is 4.39 Å². The van der Waals surface area contributed by atoms with Crippen LogP contribution in [0.4, 0.5) is 4.39 Å². The summed E-state index contributed by atoms with van der Waals surface area (Å²) in [7, 11) is 0. The third-order valence-electron chi connectivity index (χ3n) is 4.60. The molecular weight excluding hydrogens is 373 g/mol. The number of aryl methyl sites for hydroxylation is 2. The summed E-state index contributed by atoms with van der Waals surface area (Å²) in [5.41, 5.74) is 1.55. The molecule has 0 spiro atoms. The molecule has 6 nitrogen and oxygen atoms in total. The summed E-state index contributed by atoms with van der Waals surface area (Å²) in [5.74, 6) is 7.28. The van der Waals surface area contributed by atoms with Crippen LogP contribution in [-0.4, -0.2) is 14.7 Å². The van der Waals surface area contributed by atoms with Gasteiger partial charge in [0.2, 0.25) is 0 Å². The number of hydrogen-bond acceptors (Lipinski definition) is 5. The molecule has 1 fully saturated rings. The highest BCUT2D eigenvalue weighted by atomic mass is 19.1. The quantitative estimate of drug-likeness (QED) is 0.622. The Morgan fingerprint density at radius 3 is 2.76 bits per heavy atom. The highest BCUT2D eigenvalue weighted by Gasteiger charge is 2.18. The molecule has 1 aliphatic rings. The van der Waals surface area contributed by atoms with Gasteiger partial charge in [-0.15, -0.1) is 0 Å². The van der Waals surface area contributed by atoms with Crippen molar-refractivity contribution in [3.05, 3.63) is 75.0 Å². The molecule has 0 aliphatic heterocycles. The van der Waals surface area contributed by atoms with Gasteiger partial charge in [0, 0.05) is 17.7 Å². The molecule has 0 unspecified atom stereocenters. The summed E-state index contributed by atoms with van der Waals surface area (Å²) in [4.78, 5) is 16.6. The van der Waals surface area contributed by atoms with Crippen LogP contribution in [-0.2, 0) is 13.2 Å². The third kappa shape index (κ3) is 4.72. The van der Waals surface area contributed by atoms with Crippen molar-refractivity contribution >= 4 is 0 Å². The Kier molecular flexibility index (Phi) is 5.17. The van der Waals surface area contributed by atoms with E-state index in [0.29, 0.717) is 40.2 Å². The van der Waals surface area contributed by atoms with E-state index in [1.807, 2.05) is 0 Å². The van der Waals surface area contributed by atoms with Crippen LogP contribution in [0.1, 0.15) is 41.4 Å². The van der Waals surface area contributed by atoms with E-state index >= 15 is 0 Å². The molecule has 0 amide bonds. The van der Waals surface area contributed by atoms with Crippen LogP contribution < -0.4 is 10.3 Å². The van der Waals surface area contributed by atoms with Crippen LogP contribution in [0.25, 0.3) is 0 Å². The summed E-state index contributed by atoms with van der Waals surface area (Å²) in [6.45, 7) is 3.86. The molecule has 1 saturated carbocycles. The Morgan fingerprint density at radius 1 is 1.28 bits per heavy atom. The molecule has 148 valence electrons. The molecule has 7 heteroatoms. The first-order chi connectivity index (χ1) is 14.0. The Hall–Kier alpha value is -3.40. The average Bonchev–Trinajstić information content (AvgIpc) is 3.42. The molecule has 4 rings (SSSR count). The van der Waals surface area contributed by atoms with E-state index in [4.69, 9.17) is 9.26 Å². The first-order valence-electron chi connectivity index (χ1n) is 9.41. The Labute approximate surface area is 167 Å². The topological polar surface area (TPSA) is 70.2 Å². The lowest BCUT2D eigenvalue weighted by molar-refractivity contribution is 0.241. The maximum atomic E-state index is 14.3. The van der Waals surface area contributed by atoms with E-state index in [2.05, 4.69) is 22.0 Å². The first kappa shape index (κ1) is 18.9. The lowest BCUT2D eigenvalue weighted by Gasteiger charge is -2.12. The van der Waals surface area contributed by atoms with Gasteiger partial charge in [0.05, 0.1) is 12.1 Å². The van der Waals surface area contributed by atoms with Crippen molar-refractivity contribution in [1.82, 2.24) is 14.7 Å². The van der Waals surface area contributed by atoms with Crippen molar-refractivity contribution in [3.8, 4) is 17.6 Å². The van der Waals surface area contributed by atoms with Gasteiger partial charge in [-0.1, -0.05) is 23.1 Å². The zero-order valence-electron chi connectivity index (χ0n) is 16.2. The summed E-state index contributed by atoms with van der Waals surface area (Å²) in [5, 5.41) is 3.69. The Balaban J connectivity index is 1.48. The van der Waals surface area contributed by atoms with Crippen LogP contribution in [0.15, 0.2) is 39.6 Å². The van der Waals surface area contributed by atoms with Gasteiger partial charge in [-0.3, -0.25) is 4.79 Å². The standard InChI is InChI=1S/C22H20FN3O3/c1-14-9-19(28-13-21-24-15(2)25-29-21)11-22(27)26(14)12-17-6-8-18(20(23)10-17)7-5-16-3-4-16/h6,8-11,16H,3-4,12-13H2,1-2H3. The third-order valence-corrected chi connectivity index (χ3v) is 4.60. The molecule has 3 aromatic rings. The largest absolute Gasteiger partial charge is 0.483 e. The first-order valence-corrected chi connectivity index (χ1v) is 9.41. The fourth-order valence-corrected chi connectivity index (χ4v) is 2.88. The molecule has 1 aliphatic carbocycles. The summed E-state index contributed by atoms with van der Waals surface area (Å²) in [6, 6.07) is 8.04. The molecule has 0 saturated heterocycles. The second-order valence-electron chi connectivity index (χ2n) is 7.14. The van der Waals surface area contributed by atoms with E-state index in [1.165, 1.54) is 12.1 Å². The lowest BCUT2D eigenvalue weighted by atomic mass is 10.1. The molecule has 0 radical (unpaired) electrons. The smallest absolute Gasteiger partial charge is 0.264 e. The number of nitrogens with zero attached hydrogens (tertiary/aromatic N) is 3. The van der Waals surface area contributed by atoms with Crippen LogP contribution >= 0.6 is 0 Å². The number of rotatable bonds is 5. The number of benzene rings is 1. The van der Waals surface area contributed by atoms with Crippen molar-refractivity contribution in [2.45, 2.75) is 39.8 Å². The summed E-state index contributed by atoms with van der Waals surface area (Å²) < 4.78 is 26.4. The molecule has 0 bridgehead atoms. The molecule has 1 aromatic carbocycles. The van der Waals surface area contributed by atoms with E-state index in [1.54, 1.807) is 36.6 Å². The number of pyridine rings is 1. The van der Waals surface area contributed by atoms with Crippen LogP contribution in [0.3, 0.4) is 0 Å². The monoisotopic (exact) mass is 393 g/mol. The minimum Gasteiger partial charge on any atom is -0.483 e. The Bertz CT molecular complexity index is 1170. The molecule has 0 N–H and O–H groups in total. The van der Waals surface area contributed by atoms with Gasteiger partial charge < -0.3 is 13.8 Å². The average molecular weight is 393 g/mol. The Morgan fingerprint density at radius 2 is 2.10 bits per heavy atom. The van der Waals surface area contributed by atoms with Gasteiger partial charge in [-0.05, 0) is 50.5 Å². The SMILES string of the molecule is Cc1noc(COc2cc(C)n(Cc3ccc(C#CC4CC4)c(F)c3)c(=O)c2)n1.